The Balaban J connectivity index is 0.000000423. The highest BCUT2D eigenvalue weighted by Crippen LogP contribution is 1.91. The van der Waals surface area contributed by atoms with Gasteiger partial charge in [-0.3, -0.25) is 14.6 Å². The van der Waals surface area contributed by atoms with Crippen molar-refractivity contribution in [2.45, 2.75) is 6.92 Å². The Morgan fingerprint density at radius 1 is 1.53 bits per heavy atom. The molecule has 0 atom stereocenters. The standard InChI is InChI=1S/C7H9N3O.C2H4O2/c8-5-10-7(11)6-3-1-2-4-9-6;1-2(3)4/h1-4H,5,8H2,(H,10,11);1H3,(H,3,4). The van der Waals surface area contributed by atoms with Gasteiger partial charge in [-0.2, -0.15) is 0 Å². The topological polar surface area (TPSA) is 105 Å². The zero-order valence-electron chi connectivity index (χ0n) is 8.30. The van der Waals surface area contributed by atoms with E-state index in [9.17, 15) is 4.79 Å². The SMILES string of the molecule is CC(=O)O.NCNC(=O)c1ccccn1. The van der Waals surface area contributed by atoms with E-state index in [1.165, 1.54) is 0 Å². The number of pyridine rings is 1. The van der Waals surface area contributed by atoms with Crippen molar-refractivity contribution in [2.24, 2.45) is 5.73 Å². The number of nitrogens with one attached hydrogen (secondary N) is 1. The van der Waals surface area contributed by atoms with Crippen molar-refractivity contribution >= 4 is 11.9 Å². The quantitative estimate of drug-likeness (QED) is 0.588. The fraction of sp³-hybridized carbons (Fsp3) is 0.222. The summed E-state index contributed by atoms with van der Waals surface area (Å²) in [6.45, 7) is 1.22. The average Bonchev–Trinajstić information content (AvgIpc) is 2.19. The Hall–Kier alpha value is -1.95. The van der Waals surface area contributed by atoms with Gasteiger partial charge in [0.05, 0.1) is 6.67 Å². The third kappa shape index (κ3) is 7.15. The number of amides is 1. The second-order valence-corrected chi connectivity index (χ2v) is 2.44. The van der Waals surface area contributed by atoms with Crippen LogP contribution in [0.5, 0.6) is 0 Å². The van der Waals surface area contributed by atoms with Crippen molar-refractivity contribution in [3.63, 3.8) is 0 Å². The number of hydrogen-bond donors (Lipinski definition) is 3. The molecular weight excluding hydrogens is 198 g/mol. The van der Waals surface area contributed by atoms with Crippen LogP contribution in [0, 0.1) is 0 Å². The maximum Gasteiger partial charge on any atom is 0.300 e. The molecule has 0 unspecified atom stereocenters. The van der Waals surface area contributed by atoms with Gasteiger partial charge in [0.1, 0.15) is 5.69 Å². The van der Waals surface area contributed by atoms with Crippen LogP contribution < -0.4 is 11.1 Å². The Morgan fingerprint density at radius 2 is 2.13 bits per heavy atom. The van der Waals surface area contributed by atoms with Crippen molar-refractivity contribution in [3.8, 4) is 0 Å². The molecule has 0 radical (unpaired) electrons. The predicted molar refractivity (Wildman–Crippen MR) is 54.1 cm³/mol. The number of hydrogen-bond acceptors (Lipinski definition) is 4. The minimum Gasteiger partial charge on any atom is -0.481 e. The van der Waals surface area contributed by atoms with E-state index in [-0.39, 0.29) is 12.6 Å². The first-order valence-corrected chi connectivity index (χ1v) is 4.16. The Morgan fingerprint density at radius 3 is 2.53 bits per heavy atom. The van der Waals surface area contributed by atoms with Crippen molar-refractivity contribution < 1.29 is 14.7 Å². The molecule has 15 heavy (non-hydrogen) atoms. The van der Waals surface area contributed by atoms with Crippen molar-refractivity contribution in [2.75, 3.05) is 6.67 Å². The van der Waals surface area contributed by atoms with Crippen LogP contribution in [0.2, 0.25) is 0 Å². The van der Waals surface area contributed by atoms with E-state index in [0.29, 0.717) is 5.69 Å². The fourth-order valence-corrected chi connectivity index (χ4v) is 0.680. The minimum absolute atomic E-state index is 0.134. The molecule has 6 nitrogen and oxygen atoms in total. The molecular formula is C9H13N3O3. The molecule has 0 aliphatic carbocycles. The van der Waals surface area contributed by atoms with Crippen LogP contribution in [0.3, 0.4) is 0 Å². The van der Waals surface area contributed by atoms with Crippen molar-refractivity contribution in [1.29, 1.82) is 0 Å². The smallest absolute Gasteiger partial charge is 0.300 e. The molecule has 0 saturated heterocycles. The van der Waals surface area contributed by atoms with E-state index in [1.807, 2.05) is 0 Å². The van der Waals surface area contributed by atoms with Crippen LogP contribution in [0.15, 0.2) is 24.4 Å². The molecule has 0 fully saturated rings. The zero-order valence-corrected chi connectivity index (χ0v) is 8.30. The maximum atomic E-state index is 11.0. The molecule has 6 heteroatoms. The van der Waals surface area contributed by atoms with Gasteiger partial charge < -0.3 is 16.2 Å². The monoisotopic (exact) mass is 211 g/mol. The summed E-state index contributed by atoms with van der Waals surface area (Å²) in [4.78, 5) is 23.8. The number of nitrogens with zero attached hydrogens (tertiary/aromatic N) is 1. The molecule has 1 rings (SSSR count). The number of carboxylic acid groups (broad SMARTS) is 1. The van der Waals surface area contributed by atoms with Crippen LogP contribution in [0.25, 0.3) is 0 Å². The molecule has 1 aromatic rings. The molecule has 1 aromatic heterocycles. The van der Waals surface area contributed by atoms with E-state index < -0.39 is 5.97 Å². The van der Waals surface area contributed by atoms with Crippen molar-refractivity contribution in [3.05, 3.63) is 30.1 Å². The molecule has 0 aliphatic heterocycles. The lowest BCUT2D eigenvalue weighted by molar-refractivity contribution is -0.134. The summed E-state index contributed by atoms with van der Waals surface area (Å²) in [5, 5.41) is 9.85. The molecule has 1 amide bonds. The van der Waals surface area contributed by atoms with Gasteiger partial charge in [0, 0.05) is 13.1 Å². The van der Waals surface area contributed by atoms with Gasteiger partial charge in [-0.25, -0.2) is 0 Å². The largest absolute Gasteiger partial charge is 0.481 e. The number of carbonyl (C=O) groups is 2. The summed E-state index contributed by atoms with van der Waals surface area (Å²) >= 11 is 0. The van der Waals surface area contributed by atoms with E-state index in [0.717, 1.165) is 6.92 Å². The summed E-state index contributed by atoms with van der Waals surface area (Å²) in [5.41, 5.74) is 5.49. The van der Waals surface area contributed by atoms with Gasteiger partial charge in [0.15, 0.2) is 0 Å². The second kappa shape index (κ2) is 7.45. The summed E-state index contributed by atoms with van der Waals surface area (Å²) in [6, 6.07) is 5.13. The normalized spacial score (nSPS) is 8.40. The summed E-state index contributed by atoms with van der Waals surface area (Å²) < 4.78 is 0. The Labute approximate surface area is 87.1 Å². The van der Waals surface area contributed by atoms with Gasteiger partial charge in [-0.15, -0.1) is 0 Å². The van der Waals surface area contributed by atoms with Crippen LogP contribution in [-0.2, 0) is 4.79 Å². The third-order valence-corrected chi connectivity index (χ3v) is 1.16. The van der Waals surface area contributed by atoms with Crippen molar-refractivity contribution in [1.82, 2.24) is 10.3 Å². The molecule has 4 N–H and O–H groups in total. The number of nitrogens with two attached hydrogens (primary N) is 1. The fourth-order valence-electron chi connectivity index (χ4n) is 0.680. The van der Waals surface area contributed by atoms with Crippen LogP contribution in [-0.4, -0.2) is 28.6 Å². The van der Waals surface area contributed by atoms with Crippen LogP contribution in [0.4, 0.5) is 0 Å². The van der Waals surface area contributed by atoms with Gasteiger partial charge >= 0.3 is 0 Å². The Kier molecular flexibility index (Phi) is 6.48. The summed E-state index contributed by atoms with van der Waals surface area (Å²) in [6.07, 6.45) is 1.56. The van der Waals surface area contributed by atoms with E-state index in [2.05, 4.69) is 10.3 Å². The van der Waals surface area contributed by atoms with E-state index in [1.54, 1.807) is 24.4 Å². The highest BCUT2D eigenvalue weighted by Gasteiger charge is 2.01. The van der Waals surface area contributed by atoms with E-state index in [4.69, 9.17) is 15.6 Å². The first-order valence-electron chi connectivity index (χ1n) is 4.16. The molecule has 0 bridgehead atoms. The summed E-state index contributed by atoms with van der Waals surface area (Å²) in [5.74, 6) is -1.08. The zero-order chi connectivity index (χ0) is 11.7. The van der Waals surface area contributed by atoms with Gasteiger partial charge in [0.2, 0.25) is 0 Å². The molecule has 0 aromatic carbocycles. The highest BCUT2D eigenvalue weighted by atomic mass is 16.4. The Bertz CT molecular complexity index is 310. The first-order chi connectivity index (χ1) is 7.07. The summed E-state index contributed by atoms with van der Waals surface area (Å²) in [7, 11) is 0. The lowest BCUT2D eigenvalue weighted by atomic mass is 10.3. The number of aromatic nitrogens is 1. The second-order valence-electron chi connectivity index (χ2n) is 2.44. The molecule has 0 saturated carbocycles. The van der Waals surface area contributed by atoms with Gasteiger partial charge in [-0.1, -0.05) is 6.07 Å². The molecule has 1 heterocycles. The number of carbonyl (C=O) groups excluding carboxylic acids is 1. The third-order valence-electron chi connectivity index (χ3n) is 1.16. The lowest BCUT2D eigenvalue weighted by Gasteiger charge is -1.98. The number of aliphatic carboxylic acids is 1. The van der Waals surface area contributed by atoms with Crippen LogP contribution >= 0.6 is 0 Å². The lowest BCUT2D eigenvalue weighted by Crippen LogP contribution is -2.29. The number of carboxylic acids is 1. The molecule has 0 aliphatic rings. The number of rotatable bonds is 2. The van der Waals surface area contributed by atoms with Gasteiger partial charge in [-0.05, 0) is 12.1 Å². The maximum absolute atomic E-state index is 11.0. The predicted octanol–water partition coefficient (Wildman–Crippen LogP) is -0.181. The molecule has 82 valence electrons. The minimum atomic E-state index is -0.833. The first kappa shape index (κ1) is 13.1. The highest BCUT2D eigenvalue weighted by molar-refractivity contribution is 5.92. The van der Waals surface area contributed by atoms with Gasteiger partial charge in [0.25, 0.3) is 11.9 Å². The van der Waals surface area contributed by atoms with E-state index >= 15 is 0 Å². The average molecular weight is 211 g/mol. The molecule has 0 spiro atoms. The van der Waals surface area contributed by atoms with Crippen LogP contribution in [0.1, 0.15) is 17.4 Å².